The third-order valence-corrected chi connectivity index (χ3v) is 7.09. The van der Waals surface area contributed by atoms with Crippen molar-refractivity contribution in [2.24, 2.45) is 5.92 Å². The van der Waals surface area contributed by atoms with E-state index in [4.69, 9.17) is 6.57 Å². The Kier molecular flexibility index (Phi) is 4.87. The number of nitrogens with one attached hydrogen (secondary N) is 1. The molecule has 33 heavy (non-hydrogen) atoms. The van der Waals surface area contributed by atoms with E-state index in [2.05, 4.69) is 30.3 Å². The van der Waals surface area contributed by atoms with E-state index in [1.54, 1.807) is 12.3 Å². The van der Waals surface area contributed by atoms with Gasteiger partial charge in [0.2, 0.25) is 18.4 Å². The maximum atomic E-state index is 12.9. The average molecular weight is 477 g/mol. The summed E-state index contributed by atoms with van der Waals surface area (Å²) >= 11 is 0. The van der Waals surface area contributed by atoms with E-state index in [1.165, 1.54) is 21.6 Å². The second kappa shape index (κ2) is 7.52. The van der Waals surface area contributed by atoms with Gasteiger partial charge in [-0.25, -0.2) is 20.0 Å². The van der Waals surface area contributed by atoms with E-state index in [0.29, 0.717) is 21.3 Å². The van der Waals surface area contributed by atoms with Gasteiger partial charge in [0.15, 0.2) is 17.0 Å². The summed E-state index contributed by atoms with van der Waals surface area (Å²) in [5, 5.41) is 11.2. The van der Waals surface area contributed by atoms with Crippen LogP contribution in [0.25, 0.3) is 21.9 Å². The van der Waals surface area contributed by atoms with Crippen LogP contribution in [0, 0.1) is 12.5 Å². The van der Waals surface area contributed by atoms with Crippen molar-refractivity contribution in [2.45, 2.75) is 24.1 Å². The van der Waals surface area contributed by atoms with E-state index in [0.717, 1.165) is 12.8 Å². The highest BCUT2D eigenvalue weighted by atomic mass is 32.2. The molecular weight excluding hydrogens is 460 g/mol. The van der Waals surface area contributed by atoms with E-state index in [1.807, 2.05) is 0 Å². The lowest BCUT2D eigenvalue weighted by molar-refractivity contribution is -0.117. The van der Waals surface area contributed by atoms with Crippen LogP contribution in [0.15, 0.2) is 24.7 Å². The van der Waals surface area contributed by atoms with Crippen LogP contribution in [0.4, 0.5) is 14.7 Å². The number of carbonyl (C=O) groups is 1. The number of alkyl halides is 2. The molecule has 15 heteroatoms. The molecule has 1 aliphatic heterocycles. The molecule has 1 aliphatic carbocycles. The average Bonchev–Trinajstić information content (AvgIpc) is 3.34. The first-order valence-corrected chi connectivity index (χ1v) is 11.4. The zero-order valence-corrected chi connectivity index (χ0v) is 17.8. The monoisotopic (exact) mass is 477 g/mol. The number of carbonyl (C=O) groups excluding carboxylic acids is 1. The third kappa shape index (κ3) is 3.60. The topological polar surface area (TPSA) is 132 Å². The molecule has 1 saturated carbocycles. The highest BCUT2D eigenvalue weighted by molar-refractivity contribution is 7.89. The van der Waals surface area contributed by atoms with Gasteiger partial charge in [0, 0.05) is 37.5 Å². The first kappa shape index (κ1) is 21.3. The predicted octanol–water partition coefficient (Wildman–Crippen LogP) is 0.819. The molecule has 1 amide bonds. The molecule has 2 fully saturated rings. The van der Waals surface area contributed by atoms with Gasteiger partial charge in [0.05, 0.1) is 11.8 Å². The molecule has 2 aliphatic rings. The summed E-state index contributed by atoms with van der Waals surface area (Å²) < 4.78 is 52.7. The van der Waals surface area contributed by atoms with Crippen molar-refractivity contribution in [1.82, 2.24) is 33.7 Å². The maximum absolute atomic E-state index is 12.9. The molecule has 0 radical (unpaired) electrons. The lowest BCUT2D eigenvalue weighted by atomic mass is 9.93. The molecule has 1 saturated heterocycles. The van der Waals surface area contributed by atoms with Crippen LogP contribution in [0.1, 0.15) is 12.8 Å². The highest BCUT2D eigenvalue weighted by Gasteiger charge is 2.55. The molecule has 0 atom stereocenters. The van der Waals surface area contributed by atoms with Crippen molar-refractivity contribution in [1.29, 1.82) is 0 Å². The van der Waals surface area contributed by atoms with Gasteiger partial charge in [0.1, 0.15) is 0 Å². The first-order valence-electron chi connectivity index (χ1n) is 9.92. The normalized spacial score (nSPS) is 18.2. The SMILES string of the molecule is [C-]#[N+]CC1(n2cc(-c3nccc4nc(NC(=O)C5CC5)nn34)cn2)CN(S(=O)(=O)C(F)F)C1. The number of nitrogens with zero attached hydrogens (tertiary/aromatic N) is 8. The van der Waals surface area contributed by atoms with E-state index in [9.17, 15) is 22.0 Å². The zero-order valence-electron chi connectivity index (χ0n) is 17.0. The van der Waals surface area contributed by atoms with Gasteiger partial charge in [-0.15, -0.1) is 5.10 Å². The summed E-state index contributed by atoms with van der Waals surface area (Å²) in [6, 6.07) is 1.62. The van der Waals surface area contributed by atoms with Crippen LogP contribution < -0.4 is 5.32 Å². The number of rotatable bonds is 7. The Labute approximate surface area is 186 Å². The molecule has 0 unspecified atom stereocenters. The number of sulfonamides is 1. The van der Waals surface area contributed by atoms with Crippen molar-refractivity contribution in [2.75, 3.05) is 25.0 Å². The zero-order chi connectivity index (χ0) is 23.4. The lowest BCUT2D eigenvalue weighted by Crippen LogP contribution is -2.66. The Balaban J connectivity index is 1.44. The van der Waals surface area contributed by atoms with Gasteiger partial charge < -0.3 is 4.85 Å². The Hall–Kier alpha value is -3.51. The molecule has 0 aromatic carbocycles. The van der Waals surface area contributed by atoms with Crippen molar-refractivity contribution in [3.63, 3.8) is 0 Å². The third-order valence-electron chi connectivity index (χ3n) is 5.66. The Morgan fingerprint density at radius 2 is 2.12 bits per heavy atom. The first-order chi connectivity index (χ1) is 15.7. The van der Waals surface area contributed by atoms with Gasteiger partial charge in [-0.3, -0.25) is 14.8 Å². The lowest BCUT2D eigenvalue weighted by Gasteiger charge is -2.45. The summed E-state index contributed by atoms with van der Waals surface area (Å²) in [4.78, 5) is 24.0. The number of amides is 1. The summed E-state index contributed by atoms with van der Waals surface area (Å²) in [6.07, 6.45) is 6.21. The van der Waals surface area contributed by atoms with E-state index < -0.39 is 21.3 Å². The van der Waals surface area contributed by atoms with Crippen molar-refractivity contribution >= 4 is 27.5 Å². The number of hydrogen-bond donors (Lipinski definition) is 1. The second-order valence-corrected chi connectivity index (χ2v) is 9.93. The van der Waals surface area contributed by atoms with Gasteiger partial charge in [0.25, 0.3) is 10.0 Å². The largest absolute Gasteiger partial charge is 0.350 e. The fraction of sp³-hybridized carbons (Fsp3) is 0.444. The van der Waals surface area contributed by atoms with Crippen LogP contribution in [-0.4, -0.2) is 73.4 Å². The van der Waals surface area contributed by atoms with E-state index >= 15 is 0 Å². The van der Waals surface area contributed by atoms with E-state index in [-0.39, 0.29) is 37.4 Å². The molecule has 3 aromatic rings. The summed E-state index contributed by atoms with van der Waals surface area (Å²) in [6.45, 7) is 6.50. The molecule has 0 bridgehead atoms. The summed E-state index contributed by atoms with van der Waals surface area (Å²) in [5.74, 6) is -3.18. The molecule has 3 aromatic heterocycles. The second-order valence-electron chi connectivity index (χ2n) is 8.03. The molecule has 5 rings (SSSR count). The van der Waals surface area contributed by atoms with Gasteiger partial charge in [-0.1, -0.05) is 0 Å². The van der Waals surface area contributed by atoms with Gasteiger partial charge in [-0.05, 0) is 12.8 Å². The molecular formula is C18H17F2N9O3S. The van der Waals surface area contributed by atoms with Crippen molar-refractivity contribution in [3.05, 3.63) is 36.1 Å². The molecule has 0 spiro atoms. The predicted molar refractivity (Wildman–Crippen MR) is 109 cm³/mol. The van der Waals surface area contributed by atoms with Crippen LogP contribution in [0.3, 0.4) is 0 Å². The van der Waals surface area contributed by atoms with Gasteiger partial charge >= 0.3 is 5.76 Å². The molecule has 4 heterocycles. The number of aromatic nitrogens is 6. The molecule has 1 N–H and O–H groups in total. The van der Waals surface area contributed by atoms with Crippen LogP contribution >= 0.6 is 0 Å². The van der Waals surface area contributed by atoms with Crippen LogP contribution in [0.5, 0.6) is 0 Å². The van der Waals surface area contributed by atoms with Gasteiger partial charge in [-0.2, -0.15) is 27.7 Å². The smallest absolute Gasteiger partial charge is 0.314 e. The maximum Gasteiger partial charge on any atom is 0.350 e. The quantitative estimate of drug-likeness (QED) is 0.498. The standard InChI is InChI=1S/C18H17F2N9O3S/c1-21-8-18(9-27(10-18)33(31,32)16(19)20)28-7-12(6-23-28)14-22-5-4-13-24-17(26-29(13)14)25-15(30)11-2-3-11/h4-7,11,16H,2-3,8-10H2,(H,25,26,30). The van der Waals surface area contributed by atoms with Crippen LogP contribution in [-0.2, 0) is 20.4 Å². The Bertz CT molecular complexity index is 1380. The van der Waals surface area contributed by atoms with Crippen molar-refractivity contribution in [3.8, 4) is 11.4 Å². The number of halogens is 2. The van der Waals surface area contributed by atoms with Crippen molar-refractivity contribution < 1.29 is 22.0 Å². The number of anilines is 1. The van der Waals surface area contributed by atoms with Crippen LogP contribution in [0.2, 0.25) is 0 Å². The minimum absolute atomic E-state index is 0.0120. The Morgan fingerprint density at radius 3 is 2.79 bits per heavy atom. The number of hydrogen-bond acceptors (Lipinski definition) is 7. The minimum atomic E-state index is -4.73. The summed E-state index contributed by atoms with van der Waals surface area (Å²) in [7, 11) is -4.73. The molecule has 172 valence electrons. The minimum Gasteiger partial charge on any atom is -0.314 e. The fourth-order valence-corrected chi connectivity index (χ4v) is 4.76. The Morgan fingerprint density at radius 1 is 1.36 bits per heavy atom. The fourth-order valence-electron chi connectivity index (χ4n) is 3.69. The number of fused-ring (bicyclic) bond motifs is 1. The summed E-state index contributed by atoms with van der Waals surface area (Å²) in [5.41, 5.74) is -0.139. The molecule has 12 nitrogen and oxygen atoms in total. The highest BCUT2D eigenvalue weighted by Crippen LogP contribution is 2.34.